The Balaban J connectivity index is 1.87. The van der Waals surface area contributed by atoms with Gasteiger partial charge in [-0.15, -0.1) is 0 Å². The fourth-order valence-electron chi connectivity index (χ4n) is 2.78. The monoisotopic (exact) mass is 366 g/mol. The van der Waals surface area contributed by atoms with Crippen molar-refractivity contribution in [3.8, 4) is 0 Å². The highest BCUT2D eigenvalue weighted by atomic mass is 19.4. The van der Waals surface area contributed by atoms with Gasteiger partial charge in [-0.1, -0.05) is 19.4 Å². The van der Waals surface area contributed by atoms with Crippen LogP contribution in [0.2, 0.25) is 0 Å². The lowest BCUT2D eigenvalue weighted by Crippen LogP contribution is -2.37. The molecule has 3 rings (SSSR count). The normalized spacial score (nSPS) is 15.2. The summed E-state index contributed by atoms with van der Waals surface area (Å²) in [5.74, 6) is 1.07. The smallest absolute Gasteiger partial charge is 0.378 e. The van der Waals surface area contributed by atoms with Crippen molar-refractivity contribution in [1.29, 1.82) is 0 Å². The molecule has 0 amide bonds. The van der Waals surface area contributed by atoms with Gasteiger partial charge in [-0.3, -0.25) is 0 Å². The number of ether oxygens (including phenoxy) is 1. The number of benzene rings is 1. The van der Waals surface area contributed by atoms with Crippen LogP contribution in [0.3, 0.4) is 0 Å². The molecule has 0 unspecified atom stereocenters. The molecule has 2 heterocycles. The van der Waals surface area contributed by atoms with Gasteiger partial charge in [-0.2, -0.15) is 18.2 Å². The molecular weight excluding hydrogens is 345 g/mol. The zero-order valence-electron chi connectivity index (χ0n) is 14.5. The number of rotatable bonds is 5. The predicted molar refractivity (Wildman–Crippen MR) is 93.8 cm³/mol. The molecule has 5 nitrogen and oxygen atoms in total. The molecule has 8 heteroatoms. The summed E-state index contributed by atoms with van der Waals surface area (Å²) in [4.78, 5) is 11.0. The van der Waals surface area contributed by atoms with Crippen LogP contribution in [0.25, 0.3) is 0 Å². The van der Waals surface area contributed by atoms with Gasteiger partial charge in [0, 0.05) is 30.5 Å². The molecule has 1 saturated heterocycles. The second-order valence-corrected chi connectivity index (χ2v) is 6.09. The van der Waals surface area contributed by atoms with Crippen LogP contribution in [0.1, 0.15) is 24.6 Å². The van der Waals surface area contributed by atoms with Crippen molar-refractivity contribution in [2.24, 2.45) is 0 Å². The molecule has 26 heavy (non-hydrogen) atoms. The standard InChI is InChI=1S/C18H21F3N4O/c1-2-4-14-12-16(25-7-9-26-10-8-25)24-17(22-14)23-15-6-3-5-13(11-15)18(19,20)21/h3,5-6,11-12H,2,4,7-10H2,1H3,(H,22,23,24). The third kappa shape index (κ3) is 4.63. The van der Waals surface area contributed by atoms with E-state index in [4.69, 9.17) is 4.74 Å². The number of nitrogens with zero attached hydrogens (tertiary/aromatic N) is 3. The van der Waals surface area contributed by atoms with Crippen LogP contribution in [0, 0.1) is 0 Å². The molecule has 1 aromatic carbocycles. The molecule has 0 spiro atoms. The largest absolute Gasteiger partial charge is 0.416 e. The van der Waals surface area contributed by atoms with E-state index in [1.807, 2.05) is 6.07 Å². The molecule has 1 fully saturated rings. The minimum absolute atomic E-state index is 0.303. The summed E-state index contributed by atoms with van der Waals surface area (Å²) >= 11 is 0. The van der Waals surface area contributed by atoms with Crippen LogP contribution in [-0.4, -0.2) is 36.3 Å². The molecule has 0 atom stereocenters. The molecule has 0 radical (unpaired) electrons. The van der Waals surface area contributed by atoms with Gasteiger partial charge in [-0.05, 0) is 24.6 Å². The first-order chi connectivity index (χ1) is 12.5. The van der Waals surface area contributed by atoms with Crippen molar-refractivity contribution >= 4 is 17.5 Å². The van der Waals surface area contributed by atoms with Crippen LogP contribution >= 0.6 is 0 Å². The molecule has 0 saturated carbocycles. The second-order valence-electron chi connectivity index (χ2n) is 6.09. The van der Waals surface area contributed by atoms with Crippen molar-refractivity contribution in [1.82, 2.24) is 9.97 Å². The van der Waals surface area contributed by atoms with E-state index in [1.165, 1.54) is 6.07 Å². The van der Waals surface area contributed by atoms with Gasteiger partial charge in [0.2, 0.25) is 5.95 Å². The number of hydrogen-bond acceptors (Lipinski definition) is 5. The number of aryl methyl sites for hydroxylation is 1. The van der Waals surface area contributed by atoms with Crippen molar-refractivity contribution in [2.75, 3.05) is 36.5 Å². The van der Waals surface area contributed by atoms with Gasteiger partial charge >= 0.3 is 6.18 Å². The Morgan fingerprint density at radius 2 is 1.92 bits per heavy atom. The zero-order valence-corrected chi connectivity index (χ0v) is 14.5. The summed E-state index contributed by atoms with van der Waals surface area (Å²) in [7, 11) is 0. The summed E-state index contributed by atoms with van der Waals surface area (Å²) in [6.07, 6.45) is -2.69. The van der Waals surface area contributed by atoms with Crippen molar-refractivity contribution < 1.29 is 17.9 Å². The first-order valence-corrected chi connectivity index (χ1v) is 8.60. The topological polar surface area (TPSA) is 50.3 Å². The number of aromatic nitrogens is 2. The Labute approximate surface area is 150 Å². The summed E-state index contributed by atoms with van der Waals surface area (Å²) in [6.45, 7) is 4.76. The average Bonchev–Trinajstić information content (AvgIpc) is 2.62. The fraction of sp³-hybridized carbons (Fsp3) is 0.444. The van der Waals surface area contributed by atoms with Gasteiger partial charge in [0.15, 0.2) is 0 Å². The number of anilines is 3. The van der Waals surface area contributed by atoms with Gasteiger partial charge in [0.05, 0.1) is 18.8 Å². The molecule has 140 valence electrons. The Bertz CT molecular complexity index is 745. The maximum atomic E-state index is 12.9. The number of nitrogens with one attached hydrogen (secondary N) is 1. The predicted octanol–water partition coefficient (Wildman–Crippen LogP) is 4.03. The van der Waals surface area contributed by atoms with E-state index < -0.39 is 11.7 Å². The molecule has 1 N–H and O–H groups in total. The number of hydrogen-bond donors (Lipinski definition) is 1. The van der Waals surface area contributed by atoms with Gasteiger partial charge in [0.25, 0.3) is 0 Å². The summed E-state index contributed by atoms with van der Waals surface area (Å²) in [6, 6.07) is 6.97. The van der Waals surface area contributed by atoms with E-state index in [9.17, 15) is 13.2 Å². The molecule has 1 aromatic heterocycles. The summed E-state index contributed by atoms with van der Waals surface area (Å²) < 4.78 is 44.1. The molecule has 0 bridgehead atoms. The van der Waals surface area contributed by atoms with E-state index in [0.717, 1.165) is 49.6 Å². The van der Waals surface area contributed by atoms with Crippen molar-refractivity contribution in [3.63, 3.8) is 0 Å². The fourth-order valence-corrected chi connectivity index (χ4v) is 2.78. The first kappa shape index (κ1) is 18.4. The zero-order chi connectivity index (χ0) is 18.6. The Morgan fingerprint density at radius 1 is 1.15 bits per heavy atom. The average molecular weight is 366 g/mol. The van der Waals surface area contributed by atoms with E-state index in [-0.39, 0.29) is 0 Å². The van der Waals surface area contributed by atoms with Gasteiger partial charge < -0.3 is 15.0 Å². The highest BCUT2D eigenvalue weighted by Gasteiger charge is 2.30. The summed E-state index contributed by atoms with van der Waals surface area (Å²) in [5.41, 5.74) is 0.459. The molecular formula is C18H21F3N4O. The number of morpholine rings is 1. The van der Waals surface area contributed by atoms with Crippen molar-refractivity contribution in [2.45, 2.75) is 25.9 Å². The van der Waals surface area contributed by atoms with Crippen LogP contribution < -0.4 is 10.2 Å². The third-order valence-corrected chi connectivity index (χ3v) is 4.05. The van der Waals surface area contributed by atoms with E-state index >= 15 is 0 Å². The maximum Gasteiger partial charge on any atom is 0.416 e. The van der Waals surface area contributed by atoms with E-state index in [1.54, 1.807) is 6.07 Å². The number of halogens is 3. The minimum Gasteiger partial charge on any atom is -0.378 e. The van der Waals surface area contributed by atoms with Crippen LogP contribution in [0.15, 0.2) is 30.3 Å². The van der Waals surface area contributed by atoms with E-state index in [2.05, 4.69) is 27.1 Å². The molecule has 1 aliphatic heterocycles. The Hall–Kier alpha value is -2.35. The minimum atomic E-state index is -4.39. The Kier molecular flexibility index (Phi) is 5.61. The Morgan fingerprint density at radius 3 is 2.62 bits per heavy atom. The van der Waals surface area contributed by atoms with Crippen molar-refractivity contribution in [3.05, 3.63) is 41.6 Å². The maximum absolute atomic E-state index is 12.9. The SMILES string of the molecule is CCCc1cc(N2CCOCC2)nc(Nc2cccc(C(F)(F)F)c2)n1. The van der Waals surface area contributed by atoms with Gasteiger partial charge in [0.1, 0.15) is 5.82 Å². The third-order valence-electron chi connectivity index (χ3n) is 4.05. The van der Waals surface area contributed by atoms with Gasteiger partial charge in [-0.25, -0.2) is 4.98 Å². The van der Waals surface area contributed by atoms with E-state index in [0.29, 0.717) is 24.8 Å². The summed E-state index contributed by atoms with van der Waals surface area (Å²) in [5, 5.41) is 2.91. The number of alkyl halides is 3. The van der Waals surface area contributed by atoms with Crippen LogP contribution in [0.4, 0.5) is 30.6 Å². The molecule has 0 aliphatic carbocycles. The highest BCUT2D eigenvalue weighted by molar-refractivity contribution is 5.57. The van der Waals surface area contributed by atoms with Crippen LogP contribution in [-0.2, 0) is 17.3 Å². The lowest BCUT2D eigenvalue weighted by Gasteiger charge is -2.28. The lowest BCUT2D eigenvalue weighted by atomic mass is 10.2. The molecule has 1 aliphatic rings. The second kappa shape index (κ2) is 7.90. The first-order valence-electron chi connectivity index (χ1n) is 8.60. The lowest BCUT2D eigenvalue weighted by molar-refractivity contribution is -0.137. The quantitative estimate of drug-likeness (QED) is 0.866. The van der Waals surface area contributed by atoms with Crippen LogP contribution in [0.5, 0.6) is 0 Å². The highest BCUT2D eigenvalue weighted by Crippen LogP contribution is 2.31. The molecule has 2 aromatic rings.